The maximum absolute atomic E-state index is 12.2. The van der Waals surface area contributed by atoms with Gasteiger partial charge in [0.1, 0.15) is 5.82 Å². The maximum Gasteiger partial charge on any atom is 0.252 e. The zero-order chi connectivity index (χ0) is 23.3. The average Bonchev–Trinajstić information content (AvgIpc) is 3.37. The van der Waals surface area contributed by atoms with Crippen molar-refractivity contribution in [2.24, 2.45) is 11.7 Å². The highest BCUT2D eigenvalue weighted by molar-refractivity contribution is 6.18. The van der Waals surface area contributed by atoms with Crippen LogP contribution in [0, 0.1) is 5.92 Å². The Kier molecular flexibility index (Phi) is 5.12. The van der Waals surface area contributed by atoms with Gasteiger partial charge in [-0.3, -0.25) is 9.48 Å². The van der Waals surface area contributed by atoms with E-state index in [-0.39, 0.29) is 6.04 Å². The van der Waals surface area contributed by atoms with Gasteiger partial charge in [0.25, 0.3) is 5.91 Å². The van der Waals surface area contributed by atoms with E-state index >= 15 is 0 Å². The summed E-state index contributed by atoms with van der Waals surface area (Å²) in [5, 5.41) is 20.2. The quantitative estimate of drug-likeness (QED) is 0.325. The largest absolute Gasteiger partial charge is 0.390 e. The number of nitrogens with one attached hydrogen (secondary N) is 2. The van der Waals surface area contributed by atoms with Crippen LogP contribution in [0.15, 0.2) is 36.8 Å². The number of anilines is 1. The van der Waals surface area contributed by atoms with Gasteiger partial charge in [-0.15, -0.1) is 0 Å². The molecule has 0 aliphatic heterocycles. The Morgan fingerprint density at radius 1 is 1.33 bits per heavy atom. The highest BCUT2D eigenvalue weighted by Crippen LogP contribution is 2.40. The smallest absolute Gasteiger partial charge is 0.252 e. The molecule has 1 aliphatic carbocycles. The summed E-state index contributed by atoms with van der Waals surface area (Å²) in [4.78, 5) is 20.2. The van der Waals surface area contributed by atoms with Crippen LogP contribution in [0.4, 0.5) is 5.82 Å². The van der Waals surface area contributed by atoms with E-state index < -0.39 is 11.5 Å². The number of aromatic nitrogens is 4. The second kappa shape index (κ2) is 7.88. The third-order valence-corrected chi connectivity index (χ3v) is 6.42. The summed E-state index contributed by atoms with van der Waals surface area (Å²) in [6, 6.07) is 6.27. The van der Waals surface area contributed by atoms with Gasteiger partial charge in [0.15, 0.2) is 0 Å². The number of nitrogens with zero attached hydrogens (tertiary/aromatic N) is 3. The minimum absolute atomic E-state index is 0.101. The average molecular weight is 447 g/mol. The van der Waals surface area contributed by atoms with Crippen LogP contribution in [0.3, 0.4) is 0 Å². The number of hydrogen-bond donors (Lipinski definition) is 4. The number of amides is 1. The zero-order valence-electron chi connectivity index (χ0n) is 19.2. The lowest BCUT2D eigenvalue weighted by atomic mass is 9.95. The third-order valence-electron chi connectivity index (χ3n) is 6.42. The normalized spacial score (nSPS) is 15.3. The van der Waals surface area contributed by atoms with E-state index in [1.165, 1.54) is 6.20 Å². The Morgan fingerprint density at radius 2 is 2.12 bits per heavy atom. The van der Waals surface area contributed by atoms with Gasteiger partial charge in [0, 0.05) is 41.4 Å². The van der Waals surface area contributed by atoms with E-state index in [9.17, 15) is 9.90 Å². The number of hydrogen-bond acceptors (Lipinski definition) is 5. The van der Waals surface area contributed by atoms with Crippen LogP contribution in [0.25, 0.3) is 32.9 Å². The maximum atomic E-state index is 12.2. The van der Waals surface area contributed by atoms with Gasteiger partial charge in [-0.2, -0.15) is 5.10 Å². The fourth-order valence-corrected chi connectivity index (χ4v) is 4.61. The Labute approximate surface area is 192 Å². The predicted molar refractivity (Wildman–Crippen MR) is 130 cm³/mol. The second-order valence-corrected chi connectivity index (χ2v) is 9.71. The number of benzene rings is 1. The summed E-state index contributed by atoms with van der Waals surface area (Å²) in [6.45, 7) is 6.52. The Morgan fingerprint density at radius 3 is 2.76 bits per heavy atom. The van der Waals surface area contributed by atoms with Gasteiger partial charge in [-0.25, -0.2) is 4.98 Å². The molecule has 5 rings (SSSR count). The van der Waals surface area contributed by atoms with Gasteiger partial charge in [0.2, 0.25) is 0 Å². The molecular formula is C25H30N6O2. The van der Waals surface area contributed by atoms with E-state index in [4.69, 9.17) is 5.73 Å². The molecule has 8 nitrogen and oxygen atoms in total. The molecule has 1 amide bonds. The molecule has 0 bridgehead atoms. The molecule has 8 heteroatoms. The van der Waals surface area contributed by atoms with Gasteiger partial charge >= 0.3 is 0 Å². The molecule has 1 aromatic carbocycles. The van der Waals surface area contributed by atoms with Crippen LogP contribution >= 0.6 is 0 Å². The van der Waals surface area contributed by atoms with E-state index in [0.717, 1.165) is 46.8 Å². The van der Waals surface area contributed by atoms with E-state index in [0.29, 0.717) is 29.2 Å². The van der Waals surface area contributed by atoms with Crippen molar-refractivity contribution in [1.29, 1.82) is 0 Å². The number of carbonyl (C=O) groups excluding carboxylic acids is 1. The van der Waals surface area contributed by atoms with Crippen LogP contribution < -0.4 is 11.1 Å². The number of carbonyl (C=O) groups is 1. The third kappa shape index (κ3) is 4.18. The van der Waals surface area contributed by atoms with Crippen molar-refractivity contribution in [2.45, 2.75) is 58.2 Å². The fraction of sp³-hybridized carbons (Fsp3) is 0.400. The Bertz CT molecular complexity index is 1340. The minimum Gasteiger partial charge on any atom is -0.390 e. The van der Waals surface area contributed by atoms with Gasteiger partial charge in [0.05, 0.1) is 28.3 Å². The molecule has 1 atom stereocenters. The summed E-state index contributed by atoms with van der Waals surface area (Å²) < 4.78 is 1.89. The molecule has 172 valence electrons. The first-order chi connectivity index (χ1) is 15.7. The van der Waals surface area contributed by atoms with E-state index in [2.05, 4.69) is 39.4 Å². The van der Waals surface area contributed by atoms with Crippen LogP contribution in [0.1, 0.15) is 50.4 Å². The second-order valence-electron chi connectivity index (χ2n) is 9.71. The predicted octanol–water partition coefficient (Wildman–Crippen LogP) is 4.05. The summed E-state index contributed by atoms with van der Waals surface area (Å²) in [5.41, 5.74) is 8.88. The molecule has 5 N–H and O–H groups in total. The number of aromatic amines is 1. The number of aliphatic hydroxyl groups is 1. The molecule has 3 heterocycles. The van der Waals surface area contributed by atoms with Crippen molar-refractivity contribution in [3.63, 3.8) is 0 Å². The summed E-state index contributed by atoms with van der Waals surface area (Å²) >= 11 is 0. The number of primary amides is 1. The molecule has 3 aromatic heterocycles. The first kappa shape index (κ1) is 21.5. The Hall–Kier alpha value is -3.39. The molecule has 1 saturated carbocycles. The van der Waals surface area contributed by atoms with Gasteiger partial charge < -0.3 is 21.1 Å². The highest BCUT2D eigenvalue weighted by Gasteiger charge is 2.35. The first-order valence-electron chi connectivity index (χ1n) is 11.5. The van der Waals surface area contributed by atoms with Crippen molar-refractivity contribution >= 4 is 33.5 Å². The van der Waals surface area contributed by atoms with Crippen molar-refractivity contribution in [3.8, 4) is 11.1 Å². The van der Waals surface area contributed by atoms with Crippen molar-refractivity contribution in [1.82, 2.24) is 19.7 Å². The Balaban J connectivity index is 1.63. The van der Waals surface area contributed by atoms with E-state index in [1.807, 2.05) is 37.0 Å². The number of aryl methyl sites for hydroxylation is 1. The molecule has 1 fully saturated rings. The summed E-state index contributed by atoms with van der Waals surface area (Å²) in [6.07, 6.45) is 8.30. The van der Waals surface area contributed by atoms with Crippen LogP contribution in [0.2, 0.25) is 0 Å². The fourth-order valence-electron chi connectivity index (χ4n) is 4.61. The molecule has 4 aromatic rings. The number of H-pyrrole nitrogens is 1. The van der Waals surface area contributed by atoms with Crippen LogP contribution in [-0.4, -0.2) is 42.4 Å². The van der Waals surface area contributed by atoms with Gasteiger partial charge in [-0.1, -0.05) is 12.1 Å². The highest BCUT2D eigenvalue weighted by atomic mass is 16.3. The van der Waals surface area contributed by atoms with Gasteiger partial charge in [-0.05, 0) is 57.6 Å². The molecular weight excluding hydrogens is 416 g/mol. The van der Waals surface area contributed by atoms with Crippen LogP contribution in [-0.2, 0) is 6.54 Å². The van der Waals surface area contributed by atoms with Crippen molar-refractivity contribution in [3.05, 3.63) is 42.4 Å². The lowest BCUT2D eigenvalue weighted by Gasteiger charge is -2.26. The number of pyridine rings is 1. The monoisotopic (exact) mass is 446 g/mol. The molecule has 1 aliphatic rings. The minimum atomic E-state index is -0.787. The zero-order valence-corrected chi connectivity index (χ0v) is 19.2. The standard InChI is InChI=1S/C25H30N6O2/c1-4-31-13-16(11-28-31)15-7-8-17-19(9-15)29-22-18(23(26)32)12-27-24(21(17)22)30-20(14-5-6-14)10-25(2,3)33/h7-9,11-14,20,29,33H,4-6,10H2,1-3H3,(H2,26,32)(H,27,30). The lowest BCUT2D eigenvalue weighted by molar-refractivity contribution is 0.0635. The number of fused-ring (bicyclic) bond motifs is 3. The number of nitrogens with two attached hydrogens (primary N) is 1. The number of rotatable bonds is 8. The molecule has 0 radical (unpaired) electrons. The summed E-state index contributed by atoms with van der Waals surface area (Å²) in [5.74, 6) is 0.690. The SMILES string of the molecule is CCn1cc(-c2ccc3c(c2)[nH]c2c(C(N)=O)cnc(NC(CC(C)(C)O)C4CC4)c23)cn1. The van der Waals surface area contributed by atoms with E-state index in [1.54, 1.807) is 0 Å². The molecule has 0 spiro atoms. The first-order valence-corrected chi connectivity index (χ1v) is 11.5. The molecule has 1 unspecified atom stereocenters. The topological polar surface area (TPSA) is 122 Å². The molecule has 33 heavy (non-hydrogen) atoms. The molecule has 0 saturated heterocycles. The lowest BCUT2D eigenvalue weighted by Crippen LogP contribution is -2.33. The van der Waals surface area contributed by atoms with Crippen LogP contribution in [0.5, 0.6) is 0 Å². The summed E-state index contributed by atoms with van der Waals surface area (Å²) in [7, 11) is 0. The van der Waals surface area contributed by atoms with Crippen molar-refractivity contribution in [2.75, 3.05) is 5.32 Å². The van der Waals surface area contributed by atoms with Crippen molar-refractivity contribution < 1.29 is 9.90 Å².